The molecular weight excluding hydrogens is 893 g/mol. The predicted octanol–water partition coefficient (Wildman–Crippen LogP) is 21.1. The summed E-state index contributed by atoms with van der Waals surface area (Å²) in [6.07, 6.45) is 0. The maximum absolute atomic E-state index is 2.39. The maximum atomic E-state index is 2.39. The van der Waals surface area contributed by atoms with E-state index >= 15 is 0 Å². The third kappa shape index (κ3) is 11.5. The fourth-order valence-corrected chi connectivity index (χ4v) is 9.67. The second-order valence-corrected chi connectivity index (χ2v) is 24.7. The van der Waals surface area contributed by atoms with Crippen molar-refractivity contribution in [3.8, 4) is 44.5 Å². The van der Waals surface area contributed by atoms with Crippen molar-refractivity contribution < 1.29 is 0 Å². The number of anilines is 6. The molecule has 0 radical (unpaired) electrons. The lowest BCUT2D eigenvalue weighted by Crippen LogP contribution is -2.16. The molecule has 9 rings (SSSR count). The molecular formula is C72H76N2. The van der Waals surface area contributed by atoms with Crippen LogP contribution in [0.15, 0.2) is 206 Å². The summed E-state index contributed by atoms with van der Waals surface area (Å²) in [4.78, 5) is 4.71. The Morgan fingerprint density at radius 3 is 0.568 bits per heavy atom. The van der Waals surface area contributed by atoms with Gasteiger partial charge in [0.05, 0.1) is 0 Å². The molecule has 0 amide bonds. The van der Waals surface area contributed by atoms with Crippen molar-refractivity contribution in [3.05, 3.63) is 240 Å². The third-order valence-electron chi connectivity index (χ3n) is 14.6. The van der Waals surface area contributed by atoms with Crippen LogP contribution in [-0.2, 0) is 21.7 Å². The molecule has 9 aromatic carbocycles. The van der Waals surface area contributed by atoms with Gasteiger partial charge in [-0.3, -0.25) is 0 Å². The highest BCUT2D eigenvalue weighted by atomic mass is 15.2. The smallest absolute Gasteiger partial charge is 0.0463 e. The molecule has 0 saturated carbocycles. The SMILES string of the molecule is Cc1ccc(N(c2ccc(-c3ccc(-c4cc(C(C)(C)C)cc(C(C)(C)C)c4)cc3)cc2)c2ccc(N(c3ccc(C)cc3)c3ccc(-c4ccc(-c5cc(C(C)(C)C)cc(C(C)(C)C)c5)cc4)cc3)cc2)cc1. The highest BCUT2D eigenvalue weighted by Crippen LogP contribution is 2.42. The van der Waals surface area contributed by atoms with E-state index in [1.54, 1.807) is 0 Å². The number of benzene rings is 9. The summed E-state index contributed by atoms with van der Waals surface area (Å²) in [7, 11) is 0. The van der Waals surface area contributed by atoms with E-state index in [4.69, 9.17) is 0 Å². The van der Waals surface area contributed by atoms with Gasteiger partial charge < -0.3 is 9.80 Å². The van der Waals surface area contributed by atoms with Crippen LogP contribution in [0.4, 0.5) is 34.1 Å². The molecule has 0 N–H and O–H groups in total. The maximum Gasteiger partial charge on any atom is 0.0463 e. The Kier molecular flexibility index (Phi) is 14.0. The minimum atomic E-state index is 0.0648. The van der Waals surface area contributed by atoms with Gasteiger partial charge in [0.15, 0.2) is 0 Å². The Balaban J connectivity index is 0.994. The largest absolute Gasteiger partial charge is 0.311 e. The van der Waals surface area contributed by atoms with Crippen LogP contribution in [0.5, 0.6) is 0 Å². The first-order valence-corrected chi connectivity index (χ1v) is 26.6. The van der Waals surface area contributed by atoms with Crippen molar-refractivity contribution in [2.24, 2.45) is 0 Å². The van der Waals surface area contributed by atoms with Gasteiger partial charge >= 0.3 is 0 Å². The summed E-state index contributed by atoms with van der Waals surface area (Å²) in [6, 6.07) is 77.1. The average Bonchev–Trinajstić information content (AvgIpc) is 3.37. The lowest BCUT2D eigenvalue weighted by atomic mass is 9.79. The summed E-state index contributed by atoms with van der Waals surface area (Å²) >= 11 is 0. The summed E-state index contributed by atoms with van der Waals surface area (Å²) in [5.74, 6) is 0. The second kappa shape index (κ2) is 20.1. The lowest BCUT2D eigenvalue weighted by Gasteiger charge is -2.28. The molecule has 0 aromatic heterocycles. The van der Waals surface area contributed by atoms with Crippen molar-refractivity contribution in [1.29, 1.82) is 0 Å². The fourth-order valence-electron chi connectivity index (χ4n) is 9.67. The zero-order valence-corrected chi connectivity index (χ0v) is 46.5. The Morgan fingerprint density at radius 1 is 0.203 bits per heavy atom. The molecule has 0 saturated heterocycles. The van der Waals surface area contributed by atoms with Gasteiger partial charge in [0, 0.05) is 34.1 Å². The van der Waals surface area contributed by atoms with Crippen LogP contribution >= 0.6 is 0 Å². The zero-order chi connectivity index (χ0) is 52.7. The van der Waals surface area contributed by atoms with Gasteiger partial charge in [-0.1, -0.05) is 228 Å². The van der Waals surface area contributed by atoms with E-state index in [0.29, 0.717) is 0 Å². The molecule has 0 aliphatic carbocycles. The fraction of sp³-hybridized carbons (Fsp3) is 0.250. The highest BCUT2D eigenvalue weighted by Gasteiger charge is 2.23. The predicted molar refractivity (Wildman–Crippen MR) is 322 cm³/mol. The van der Waals surface area contributed by atoms with Crippen molar-refractivity contribution >= 4 is 34.1 Å². The van der Waals surface area contributed by atoms with E-state index in [9.17, 15) is 0 Å². The van der Waals surface area contributed by atoms with Crippen LogP contribution in [0.2, 0.25) is 0 Å². The van der Waals surface area contributed by atoms with Crippen molar-refractivity contribution in [2.45, 2.75) is 119 Å². The van der Waals surface area contributed by atoms with Crippen LogP contribution in [-0.4, -0.2) is 0 Å². The number of nitrogens with zero attached hydrogens (tertiary/aromatic N) is 2. The van der Waals surface area contributed by atoms with Crippen molar-refractivity contribution in [2.75, 3.05) is 9.80 Å². The molecule has 74 heavy (non-hydrogen) atoms. The Labute approximate surface area is 444 Å². The average molecular weight is 969 g/mol. The van der Waals surface area contributed by atoms with Gasteiger partial charge in [0.2, 0.25) is 0 Å². The zero-order valence-electron chi connectivity index (χ0n) is 46.5. The summed E-state index contributed by atoms with van der Waals surface area (Å²) < 4.78 is 0. The normalized spacial score (nSPS) is 12.2. The minimum absolute atomic E-state index is 0.0648. The molecule has 0 unspecified atom stereocenters. The molecule has 2 nitrogen and oxygen atoms in total. The topological polar surface area (TPSA) is 6.48 Å². The number of hydrogen-bond donors (Lipinski definition) is 0. The van der Waals surface area contributed by atoms with Gasteiger partial charge in [0.25, 0.3) is 0 Å². The van der Waals surface area contributed by atoms with Gasteiger partial charge in [-0.25, -0.2) is 0 Å². The van der Waals surface area contributed by atoms with E-state index in [1.807, 2.05) is 0 Å². The number of aryl methyl sites for hydroxylation is 2. The monoisotopic (exact) mass is 969 g/mol. The number of rotatable bonds is 10. The van der Waals surface area contributed by atoms with Crippen LogP contribution in [0.25, 0.3) is 44.5 Å². The summed E-state index contributed by atoms with van der Waals surface area (Å²) in [5.41, 5.74) is 24.6. The van der Waals surface area contributed by atoms with Crippen LogP contribution < -0.4 is 9.80 Å². The highest BCUT2D eigenvalue weighted by molar-refractivity contribution is 5.83. The van der Waals surface area contributed by atoms with E-state index < -0.39 is 0 Å². The first-order valence-electron chi connectivity index (χ1n) is 26.6. The quantitative estimate of drug-likeness (QED) is 0.135. The van der Waals surface area contributed by atoms with Gasteiger partial charge in [-0.2, -0.15) is 0 Å². The van der Waals surface area contributed by atoms with Gasteiger partial charge in [-0.05, 0) is 175 Å². The Morgan fingerprint density at radius 2 is 0.365 bits per heavy atom. The molecule has 9 aromatic rings. The van der Waals surface area contributed by atoms with Crippen molar-refractivity contribution in [1.82, 2.24) is 0 Å². The molecule has 2 heteroatoms. The first kappa shape index (κ1) is 51.5. The Bertz CT molecular complexity index is 3050. The molecule has 0 atom stereocenters. The lowest BCUT2D eigenvalue weighted by molar-refractivity contribution is 0.568. The first-order chi connectivity index (χ1) is 35.0. The van der Waals surface area contributed by atoms with Crippen LogP contribution in [0.1, 0.15) is 116 Å². The standard InChI is InChI=1S/C72H76N2/c1-49-15-31-63(32-16-49)73(65-35-27-53(28-36-65)51-19-23-55(24-20-51)57-43-59(69(3,4)5)47-60(44-57)70(6,7)8)67-39-41-68(42-40-67)74(64-33-17-50(2)18-34-64)66-37-29-54(30-38-66)52-21-25-56(26-22-52)58-45-61(71(9,10)11)48-62(46-58)72(12,13)14/h15-48H,1-14H3. The van der Waals surface area contributed by atoms with E-state index in [-0.39, 0.29) is 21.7 Å². The minimum Gasteiger partial charge on any atom is -0.311 e. The molecule has 0 aliphatic heterocycles. The van der Waals surface area contributed by atoms with E-state index in [1.165, 1.54) is 77.9 Å². The number of hydrogen-bond acceptors (Lipinski definition) is 2. The van der Waals surface area contributed by atoms with Gasteiger partial charge in [-0.15, -0.1) is 0 Å². The third-order valence-corrected chi connectivity index (χ3v) is 14.6. The molecule has 0 spiro atoms. The van der Waals surface area contributed by atoms with Crippen molar-refractivity contribution in [3.63, 3.8) is 0 Å². The summed E-state index contributed by atoms with van der Waals surface area (Å²) in [6.45, 7) is 31.9. The summed E-state index contributed by atoms with van der Waals surface area (Å²) in [5, 5.41) is 0. The van der Waals surface area contributed by atoms with E-state index in [2.05, 4.69) is 313 Å². The van der Waals surface area contributed by atoms with Crippen LogP contribution in [0, 0.1) is 13.8 Å². The van der Waals surface area contributed by atoms with Crippen LogP contribution in [0.3, 0.4) is 0 Å². The molecule has 0 aliphatic rings. The molecule has 0 bridgehead atoms. The molecule has 0 heterocycles. The van der Waals surface area contributed by atoms with E-state index in [0.717, 1.165) is 34.1 Å². The molecule has 374 valence electrons. The Hall–Kier alpha value is -7.42. The second-order valence-electron chi connectivity index (χ2n) is 24.7. The molecule has 0 fully saturated rings. The van der Waals surface area contributed by atoms with Gasteiger partial charge in [0.1, 0.15) is 0 Å².